The summed E-state index contributed by atoms with van der Waals surface area (Å²) in [6.45, 7) is 7.22. The number of ether oxygens (including phenoxy) is 1. The molecular formula is C33H33N2O2+. The highest BCUT2D eigenvalue weighted by Gasteiger charge is 2.55. The maximum atomic E-state index is 13.5. The molecule has 5 atom stereocenters. The SMILES string of the molecule is C=CC1C[N+]2(Cc3ccccc3)CCC1C[C@H]2[C@@H](OC(=O)c1ccccc1)c1ccnc2ccccc12. The molecule has 0 aliphatic carbocycles. The Balaban J connectivity index is 1.47. The second-order valence-electron chi connectivity index (χ2n) is 10.6. The lowest BCUT2D eigenvalue weighted by Gasteiger charge is -2.58. The van der Waals surface area contributed by atoms with Gasteiger partial charge in [0.2, 0.25) is 0 Å². The smallest absolute Gasteiger partial charge is 0.338 e. The molecule has 4 aromatic rings. The maximum Gasteiger partial charge on any atom is 0.338 e. The topological polar surface area (TPSA) is 39.2 Å². The molecule has 37 heavy (non-hydrogen) atoms. The Kier molecular flexibility index (Phi) is 6.35. The van der Waals surface area contributed by atoms with E-state index in [2.05, 4.69) is 60.1 Å². The van der Waals surface area contributed by atoms with Gasteiger partial charge >= 0.3 is 5.97 Å². The molecular weight excluding hydrogens is 456 g/mol. The number of fused-ring (bicyclic) bond motifs is 4. The van der Waals surface area contributed by atoms with Crippen molar-refractivity contribution in [3.8, 4) is 0 Å². The van der Waals surface area contributed by atoms with Gasteiger partial charge in [0.05, 0.1) is 24.2 Å². The Bertz CT molecular complexity index is 1400. The van der Waals surface area contributed by atoms with Gasteiger partial charge in [0, 0.05) is 41.5 Å². The number of carbonyl (C=O) groups is 1. The van der Waals surface area contributed by atoms with Crippen molar-refractivity contribution in [2.45, 2.75) is 31.5 Å². The zero-order valence-corrected chi connectivity index (χ0v) is 21.1. The van der Waals surface area contributed by atoms with Crippen LogP contribution in [0.4, 0.5) is 0 Å². The zero-order chi connectivity index (χ0) is 25.2. The van der Waals surface area contributed by atoms with E-state index in [0.29, 0.717) is 17.4 Å². The zero-order valence-electron chi connectivity index (χ0n) is 21.1. The van der Waals surface area contributed by atoms with Crippen LogP contribution >= 0.6 is 0 Å². The van der Waals surface area contributed by atoms with Gasteiger partial charge in [-0.15, -0.1) is 6.58 Å². The number of para-hydroxylation sites is 1. The van der Waals surface area contributed by atoms with E-state index in [-0.39, 0.29) is 18.1 Å². The molecule has 0 N–H and O–H groups in total. The van der Waals surface area contributed by atoms with E-state index in [4.69, 9.17) is 4.74 Å². The van der Waals surface area contributed by atoms with E-state index in [0.717, 1.165) is 47.0 Å². The number of pyridine rings is 1. The second-order valence-corrected chi connectivity index (χ2v) is 10.6. The summed E-state index contributed by atoms with van der Waals surface area (Å²) < 4.78 is 7.45. The summed E-state index contributed by atoms with van der Waals surface area (Å²) in [6, 6.07) is 30.5. The molecule has 0 amide bonds. The largest absolute Gasteiger partial charge is 0.447 e. The van der Waals surface area contributed by atoms with Crippen LogP contribution < -0.4 is 0 Å². The van der Waals surface area contributed by atoms with E-state index in [1.165, 1.54) is 12.0 Å². The second kappa shape index (κ2) is 9.95. The third-order valence-corrected chi connectivity index (χ3v) is 8.60. The standard InChI is InChI=1S/C33H33N2O2/c1-2-25-23-35(22-24-11-5-3-6-12-24)20-18-27(25)21-31(35)32(37-33(36)26-13-7-4-8-14-26)29-17-19-34-30-16-10-9-15-28(29)30/h2-17,19,25,27,31-32H,1,18,20-23H2/q+1/t25?,27?,31-,32-,35?/m0/s1. The summed E-state index contributed by atoms with van der Waals surface area (Å²) in [5.74, 6) is 0.768. The van der Waals surface area contributed by atoms with E-state index >= 15 is 0 Å². The number of hydrogen-bond donors (Lipinski definition) is 0. The molecule has 4 heteroatoms. The van der Waals surface area contributed by atoms with Crippen molar-refractivity contribution < 1.29 is 14.0 Å². The number of rotatable bonds is 7. The van der Waals surface area contributed by atoms with Crippen LogP contribution in [-0.2, 0) is 11.3 Å². The molecule has 186 valence electrons. The summed E-state index contributed by atoms with van der Waals surface area (Å²) in [4.78, 5) is 18.1. The highest BCUT2D eigenvalue weighted by Crippen LogP contribution is 2.49. The van der Waals surface area contributed by atoms with Crippen molar-refractivity contribution in [2.24, 2.45) is 11.8 Å². The number of carbonyl (C=O) groups excluding carboxylic acids is 1. The first-order valence-corrected chi connectivity index (χ1v) is 13.3. The molecule has 3 saturated heterocycles. The molecule has 0 saturated carbocycles. The Morgan fingerprint density at radius 1 is 1.00 bits per heavy atom. The molecule has 0 spiro atoms. The molecule has 3 aliphatic heterocycles. The van der Waals surface area contributed by atoms with Crippen LogP contribution in [0.2, 0.25) is 0 Å². The van der Waals surface area contributed by atoms with Crippen molar-refractivity contribution in [3.63, 3.8) is 0 Å². The molecule has 4 nitrogen and oxygen atoms in total. The Labute approximate surface area is 218 Å². The number of hydrogen-bond acceptors (Lipinski definition) is 3. The quantitative estimate of drug-likeness (QED) is 0.164. The lowest BCUT2D eigenvalue weighted by molar-refractivity contribution is -0.984. The highest BCUT2D eigenvalue weighted by atomic mass is 16.5. The number of quaternary nitrogens is 1. The van der Waals surface area contributed by atoms with Gasteiger partial charge in [0.25, 0.3) is 0 Å². The van der Waals surface area contributed by atoms with Crippen LogP contribution in [0.3, 0.4) is 0 Å². The van der Waals surface area contributed by atoms with Gasteiger partial charge in [-0.2, -0.15) is 0 Å². The van der Waals surface area contributed by atoms with Gasteiger partial charge < -0.3 is 9.22 Å². The number of piperidine rings is 3. The number of esters is 1. The first-order valence-electron chi connectivity index (χ1n) is 13.3. The normalized spacial score (nSPS) is 25.5. The molecule has 3 aliphatic rings. The van der Waals surface area contributed by atoms with Crippen LogP contribution in [0.15, 0.2) is 110 Å². The van der Waals surface area contributed by atoms with Gasteiger partial charge in [-0.3, -0.25) is 4.98 Å². The summed E-state index contributed by atoms with van der Waals surface area (Å²) in [6.07, 6.45) is 5.82. The third kappa shape index (κ3) is 4.47. The summed E-state index contributed by atoms with van der Waals surface area (Å²) >= 11 is 0. The molecule has 3 unspecified atom stereocenters. The molecule has 3 fully saturated rings. The first-order chi connectivity index (χ1) is 18.2. The van der Waals surface area contributed by atoms with Crippen molar-refractivity contribution in [1.29, 1.82) is 0 Å². The molecule has 0 radical (unpaired) electrons. The summed E-state index contributed by atoms with van der Waals surface area (Å²) in [5, 5.41) is 1.05. The Morgan fingerprint density at radius 2 is 1.73 bits per heavy atom. The number of aromatic nitrogens is 1. The average Bonchev–Trinajstić information content (AvgIpc) is 2.96. The minimum Gasteiger partial charge on any atom is -0.447 e. The number of nitrogens with zero attached hydrogens (tertiary/aromatic N) is 2. The predicted molar refractivity (Wildman–Crippen MR) is 147 cm³/mol. The Morgan fingerprint density at radius 3 is 2.51 bits per heavy atom. The fraction of sp³-hybridized carbons (Fsp3) is 0.273. The van der Waals surface area contributed by atoms with Crippen molar-refractivity contribution in [3.05, 3.63) is 127 Å². The first kappa shape index (κ1) is 23.6. The van der Waals surface area contributed by atoms with E-state index in [9.17, 15) is 4.79 Å². The third-order valence-electron chi connectivity index (χ3n) is 8.60. The average molecular weight is 490 g/mol. The van der Waals surface area contributed by atoms with E-state index in [1.54, 1.807) is 0 Å². The lowest BCUT2D eigenvalue weighted by atomic mass is 9.71. The molecule has 7 rings (SSSR count). The van der Waals surface area contributed by atoms with Gasteiger partial charge in [-0.05, 0) is 30.2 Å². The van der Waals surface area contributed by atoms with Crippen molar-refractivity contribution in [2.75, 3.05) is 13.1 Å². The van der Waals surface area contributed by atoms with Crippen LogP contribution in [0.25, 0.3) is 10.9 Å². The highest BCUT2D eigenvalue weighted by molar-refractivity contribution is 5.90. The minimum atomic E-state index is -0.377. The Hall–Kier alpha value is -3.76. The monoisotopic (exact) mass is 489 g/mol. The van der Waals surface area contributed by atoms with Crippen LogP contribution in [0.5, 0.6) is 0 Å². The van der Waals surface area contributed by atoms with Crippen LogP contribution in [0, 0.1) is 11.8 Å². The summed E-state index contributed by atoms with van der Waals surface area (Å²) in [5.41, 5.74) is 3.88. The van der Waals surface area contributed by atoms with Gasteiger partial charge in [0.15, 0.2) is 6.10 Å². The van der Waals surface area contributed by atoms with Crippen molar-refractivity contribution in [1.82, 2.24) is 4.98 Å². The summed E-state index contributed by atoms with van der Waals surface area (Å²) in [7, 11) is 0. The molecule has 2 bridgehead atoms. The van der Waals surface area contributed by atoms with Crippen molar-refractivity contribution >= 4 is 16.9 Å². The van der Waals surface area contributed by atoms with E-state index < -0.39 is 0 Å². The molecule has 3 aromatic carbocycles. The molecule has 1 aromatic heterocycles. The fourth-order valence-corrected chi connectivity index (χ4v) is 6.78. The van der Waals surface area contributed by atoms with Crippen LogP contribution in [-0.4, -0.2) is 34.6 Å². The van der Waals surface area contributed by atoms with Crippen LogP contribution in [0.1, 0.15) is 40.4 Å². The van der Waals surface area contributed by atoms with Gasteiger partial charge in [0.1, 0.15) is 12.6 Å². The van der Waals surface area contributed by atoms with Gasteiger partial charge in [-0.1, -0.05) is 72.8 Å². The predicted octanol–water partition coefficient (Wildman–Crippen LogP) is 6.74. The number of benzene rings is 3. The van der Waals surface area contributed by atoms with E-state index in [1.807, 2.05) is 54.7 Å². The molecule has 4 heterocycles. The van der Waals surface area contributed by atoms with Gasteiger partial charge in [-0.25, -0.2) is 4.79 Å². The maximum absolute atomic E-state index is 13.5. The minimum absolute atomic E-state index is 0.147. The fourth-order valence-electron chi connectivity index (χ4n) is 6.78. The lowest BCUT2D eigenvalue weighted by Crippen LogP contribution is -2.67.